The van der Waals surface area contributed by atoms with Crippen molar-refractivity contribution in [1.82, 2.24) is 5.32 Å². The molecule has 0 saturated carbocycles. The van der Waals surface area contributed by atoms with Gasteiger partial charge in [-0.3, -0.25) is 0 Å². The second kappa shape index (κ2) is 8.08. The predicted molar refractivity (Wildman–Crippen MR) is 89.5 cm³/mol. The lowest BCUT2D eigenvalue weighted by atomic mass is 10.2. The van der Waals surface area contributed by atoms with Gasteiger partial charge in [0.25, 0.3) is 0 Å². The van der Waals surface area contributed by atoms with E-state index in [4.69, 9.17) is 4.74 Å². The van der Waals surface area contributed by atoms with E-state index in [2.05, 4.69) is 10.6 Å². The van der Waals surface area contributed by atoms with Crippen molar-refractivity contribution in [3.63, 3.8) is 0 Å². The predicted octanol–water partition coefficient (Wildman–Crippen LogP) is 3.89. The molecule has 2 aromatic rings. The van der Waals surface area contributed by atoms with Crippen LogP contribution in [0.3, 0.4) is 0 Å². The molecule has 0 atom stereocenters. The first-order valence-electron chi connectivity index (χ1n) is 7.46. The largest absolute Gasteiger partial charge is 0.493 e. The number of anilines is 1. The van der Waals surface area contributed by atoms with Crippen LogP contribution in [-0.2, 0) is 0 Å². The van der Waals surface area contributed by atoms with E-state index in [0.717, 1.165) is 29.0 Å². The molecule has 0 radical (unpaired) electrons. The van der Waals surface area contributed by atoms with Gasteiger partial charge in [0.05, 0.1) is 6.61 Å². The average Bonchev–Trinajstić information content (AvgIpc) is 2.51. The van der Waals surface area contributed by atoms with Gasteiger partial charge in [0.1, 0.15) is 5.75 Å². The number of hydrogen-bond acceptors (Lipinski definition) is 2. The molecular weight excluding hydrogens is 276 g/mol. The zero-order chi connectivity index (χ0) is 15.8. The van der Waals surface area contributed by atoms with Crippen molar-refractivity contribution in [3.8, 4) is 5.75 Å². The van der Waals surface area contributed by atoms with E-state index < -0.39 is 0 Å². The summed E-state index contributed by atoms with van der Waals surface area (Å²) in [4.78, 5) is 11.8. The maximum atomic E-state index is 11.8. The van der Waals surface area contributed by atoms with Crippen molar-refractivity contribution in [2.24, 2.45) is 0 Å². The van der Waals surface area contributed by atoms with Crippen LogP contribution in [0.4, 0.5) is 10.5 Å². The Bertz CT molecular complexity index is 626. The lowest BCUT2D eigenvalue weighted by molar-refractivity contribution is 0.250. The van der Waals surface area contributed by atoms with Crippen molar-refractivity contribution in [3.05, 3.63) is 59.7 Å². The molecule has 116 valence electrons. The minimum absolute atomic E-state index is 0.190. The lowest BCUT2D eigenvalue weighted by Gasteiger charge is -2.11. The summed E-state index contributed by atoms with van der Waals surface area (Å²) in [5.74, 6) is 0.895. The molecule has 2 rings (SSSR count). The summed E-state index contributed by atoms with van der Waals surface area (Å²) in [6.07, 6.45) is 0.759. The summed E-state index contributed by atoms with van der Waals surface area (Å²) in [6.45, 7) is 5.13. The van der Waals surface area contributed by atoms with E-state index in [1.165, 1.54) is 0 Å². The van der Waals surface area contributed by atoms with Crippen molar-refractivity contribution in [2.45, 2.75) is 20.3 Å². The molecule has 0 spiro atoms. The van der Waals surface area contributed by atoms with Crippen LogP contribution in [0.25, 0.3) is 0 Å². The van der Waals surface area contributed by atoms with Crippen LogP contribution in [0, 0.1) is 13.8 Å². The summed E-state index contributed by atoms with van der Waals surface area (Å²) in [5, 5.41) is 5.67. The molecule has 2 amide bonds. The first-order valence-corrected chi connectivity index (χ1v) is 7.46. The summed E-state index contributed by atoms with van der Waals surface area (Å²) in [6, 6.07) is 15.4. The van der Waals surface area contributed by atoms with Gasteiger partial charge in [0.15, 0.2) is 0 Å². The lowest BCUT2D eigenvalue weighted by Crippen LogP contribution is -2.30. The molecular formula is C18H22N2O2. The highest BCUT2D eigenvalue weighted by Gasteiger charge is 2.03. The second-order valence-corrected chi connectivity index (χ2v) is 5.16. The second-order valence-electron chi connectivity index (χ2n) is 5.16. The molecule has 0 aromatic heterocycles. The SMILES string of the molecule is Cc1ccccc1NC(=O)NCCCOc1ccccc1C. The number of aryl methyl sites for hydroxylation is 2. The number of amides is 2. The fourth-order valence-corrected chi connectivity index (χ4v) is 2.05. The highest BCUT2D eigenvalue weighted by Crippen LogP contribution is 2.16. The highest BCUT2D eigenvalue weighted by atomic mass is 16.5. The van der Waals surface area contributed by atoms with E-state index in [1.54, 1.807) is 0 Å². The van der Waals surface area contributed by atoms with Crippen LogP contribution in [0.5, 0.6) is 5.75 Å². The van der Waals surface area contributed by atoms with Gasteiger partial charge in [0, 0.05) is 12.2 Å². The summed E-state index contributed by atoms with van der Waals surface area (Å²) in [5.41, 5.74) is 2.99. The first-order chi connectivity index (χ1) is 10.7. The molecule has 2 N–H and O–H groups in total. The van der Waals surface area contributed by atoms with Crippen molar-refractivity contribution in [1.29, 1.82) is 0 Å². The van der Waals surface area contributed by atoms with Gasteiger partial charge in [-0.2, -0.15) is 0 Å². The zero-order valence-electron chi connectivity index (χ0n) is 13.1. The molecule has 0 bridgehead atoms. The number of carbonyl (C=O) groups is 1. The molecule has 4 nitrogen and oxygen atoms in total. The van der Waals surface area contributed by atoms with Crippen LogP contribution >= 0.6 is 0 Å². The smallest absolute Gasteiger partial charge is 0.319 e. The Morgan fingerprint density at radius 2 is 1.68 bits per heavy atom. The van der Waals surface area contributed by atoms with Gasteiger partial charge in [0.2, 0.25) is 0 Å². The number of carbonyl (C=O) groups excluding carboxylic acids is 1. The Balaban J connectivity index is 1.65. The van der Waals surface area contributed by atoms with Gasteiger partial charge < -0.3 is 15.4 Å². The third kappa shape index (κ3) is 4.81. The molecule has 0 fully saturated rings. The molecule has 0 unspecified atom stereocenters. The Morgan fingerprint density at radius 3 is 2.41 bits per heavy atom. The zero-order valence-corrected chi connectivity index (χ0v) is 13.1. The minimum atomic E-state index is -0.190. The quantitative estimate of drug-likeness (QED) is 0.795. The Morgan fingerprint density at radius 1 is 1.00 bits per heavy atom. The number of hydrogen-bond donors (Lipinski definition) is 2. The van der Waals surface area contributed by atoms with Crippen molar-refractivity contribution < 1.29 is 9.53 Å². The normalized spacial score (nSPS) is 10.1. The number of rotatable bonds is 6. The van der Waals surface area contributed by atoms with E-state index in [-0.39, 0.29) is 6.03 Å². The fourth-order valence-electron chi connectivity index (χ4n) is 2.05. The summed E-state index contributed by atoms with van der Waals surface area (Å²) >= 11 is 0. The standard InChI is InChI=1S/C18H22N2O2/c1-14-8-3-5-10-16(14)20-18(21)19-12-7-13-22-17-11-6-4-9-15(17)2/h3-6,8-11H,7,12-13H2,1-2H3,(H2,19,20,21). The highest BCUT2D eigenvalue weighted by molar-refractivity contribution is 5.89. The maximum absolute atomic E-state index is 11.8. The molecule has 0 saturated heterocycles. The average molecular weight is 298 g/mol. The molecule has 0 heterocycles. The van der Waals surface area contributed by atoms with E-state index in [0.29, 0.717) is 13.2 Å². The van der Waals surface area contributed by atoms with Crippen molar-refractivity contribution >= 4 is 11.7 Å². The summed E-state index contributed by atoms with van der Waals surface area (Å²) < 4.78 is 5.68. The fraction of sp³-hybridized carbons (Fsp3) is 0.278. The van der Waals surface area contributed by atoms with Gasteiger partial charge in [-0.05, 0) is 43.5 Å². The van der Waals surface area contributed by atoms with E-state index >= 15 is 0 Å². The van der Waals surface area contributed by atoms with Crippen LogP contribution < -0.4 is 15.4 Å². The van der Waals surface area contributed by atoms with E-state index in [1.807, 2.05) is 62.4 Å². The molecule has 0 aliphatic rings. The monoisotopic (exact) mass is 298 g/mol. The van der Waals surface area contributed by atoms with E-state index in [9.17, 15) is 4.79 Å². The molecule has 4 heteroatoms. The topological polar surface area (TPSA) is 50.4 Å². The van der Waals surface area contributed by atoms with Gasteiger partial charge >= 0.3 is 6.03 Å². The Labute approximate surface area is 131 Å². The summed E-state index contributed by atoms with van der Waals surface area (Å²) in [7, 11) is 0. The number of urea groups is 1. The Kier molecular flexibility index (Phi) is 5.83. The number of para-hydroxylation sites is 2. The van der Waals surface area contributed by atoms with Crippen LogP contribution in [0.15, 0.2) is 48.5 Å². The van der Waals surface area contributed by atoms with Crippen molar-refractivity contribution in [2.75, 3.05) is 18.5 Å². The number of ether oxygens (including phenoxy) is 1. The van der Waals surface area contributed by atoms with Gasteiger partial charge in [-0.1, -0.05) is 36.4 Å². The Hall–Kier alpha value is -2.49. The molecule has 0 aliphatic carbocycles. The van der Waals surface area contributed by atoms with Crippen LogP contribution in [-0.4, -0.2) is 19.2 Å². The molecule has 2 aromatic carbocycles. The van der Waals surface area contributed by atoms with Crippen LogP contribution in [0.2, 0.25) is 0 Å². The number of nitrogens with one attached hydrogen (secondary N) is 2. The van der Waals surface area contributed by atoms with Crippen LogP contribution in [0.1, 0.15) is 17.5 Å². The third-order valence-electron chi connectivity index (χ3n) is 3.35. The minimum Gasteiger partial charge on any atom is -0.493 e. The number of benzene rings is 2. The van der Waals surface area contributed by atoms with Gasteiger partial charge in [-0.25, -0.2) is 4.79 Å². The maximum Gasteiger partial charge on any atom is 0.319 e. The third-order valence-corrected chi connectivity index (χ3v) is 3.35. The molecule has 0 aliphatic heterocycles. The molecule has 22 heavy (non-hydrogen) atoms. The van der Waals surface area contributed by atoms with Gasteiger partial charge in [-0.15, -0.1) is 0 Å². The first kappa shape index (κ1) is 15.9.